The maximum Gasteiger partial charge on any atom is 0.390 e. The van der Waals surface area contributed by atoms with Crippen molar-refractivity contribution in [3.8, 4) is 0 Å². The van der Waals surface area contributed by atoms with Gasteiger partial charge in [-0.25, -0.2) is 0 Å². The van der Waals surface area contributed by atoms with Gasteiger partial charge in [0.05, 0.1) is 6.42 Å². The Morgan fingerprint density at radius 2 is 2.00 bits per heavy atom. The zero-order valence-corrected chi connectivity index (χ0v) is 8.69. The first kappa shape index (κ1) is 12.1. The number of aliphatic imine (C=N–C) groups is 1. The number of hydrogen-bond acceptors (Lipinski definition) is 1. The van der Waals surface area contributed by atoms with Crippen molar-refractivity contribution in [1.82, 2.24) is 10.6 Å². The van der Waals surface area contributed by atoms with E-state index < -0.39 is 12.6 Å². The van der Waals surface area contributed by atoms with Crippen LogP contribution in [-0.2, 0) is 0 Å². The highest BCUT2D eigenvalue weighted by Gasteiger charge is 2.26. The molecular formula is C9H16F3N3. The lowest BCUT2D eigenvalue weighted by Crippen LogP contribution is -2.39. The average Bonchev–Trinajstić information content (AvgIpc) is 2.92. The number of nitrogens with one attached hydrogen (secondary N) is 2. The monoisotopic (exact) mass is 223 g/mol. The van der Waals surface area contributed by atoms with E-state index in [-0.39, 0.29) is 6.54 Å². The first-order valence-electron chi connectivity index (χ1n) is 5.02. The Morgan fingerprint density at radius 1 is 1.33 bits per heavy atom. The van der Waals surface area contributed by atoms with Crippen LogP contribution in [0.2, 0.25) is 0 Å². The number of rotatable bonds is 4. The second kappa shape index (κ2) is 5.23. The van der Waals surface area contributed by atoms with Crippen LogP contribution < -0.4 is 10.6 Å². The summed E-state index contributed by atoms with van der Waals surface area (Å²) in [6.07, 6.45) is -2.54. The van der Waals surface area contributed by atoms with Crippen LogP contribution in [0.15, 0.2) is 4.99 Å². The lowest BCUT2D eigenvalue weighted by atomic mass is 10.4. The van der Waals surface area contributed by atoms with Crippen LogP contribution in [0.1, 0.15) is 19.3 Å². The first-order chi connectivity index (χ1) is 7.01. The standard InChI is InChI=1S/C9H16F3N3/c1-13-8(15-6-7-2-3-7)14-5-4-9(10,11)12/h7H,2-6H2,1H3,(H2,13,14,15). The van der Waals surface area contributed by atoms with E-state index in [1.165, 1.54) is 12.8 Å². The Morgan fingerprint density at radius 3 is 2.47 bits per heavy atom. The van der Waals surface area contributed by atoms with Crippen molar-refractivity contribution in [1.29, 1.82) is 0 Å². The van der Waals surface area contributed by atoms with E-state index in [1.54, 1.807) is 7.05 Å². The fourth-order valence-corrected chi connectivity index (χ4v) is 1.11. The topological polar surface area (TPSA) is 36.4 Å². The van der Waals surface area contributed by atoms with Crippen LogP contribution in [0, 0.1) is 5.92 Å². The molecule has 1 rings (SSSR count). The SMILES string of the molecule is CN=C(NCCC(F)(F)F)NCC1CC1. The van der Waals surface area contributed by atoms with Gasteiger partial charge in [-0.15, -0.1) is 0 Å². The van der Waals surface area contributed by atoms with Gasteiger partial charge in [0.1, 0.15) is 0 Å². The number of guanidine groups is 1. The highest BCUT2D eigenvalue weighted by Crippen LogP contribution is 2.27. The largest absolute Gasteiger partial charge is 0.390 e. The molecule has 1 fully saturated rings. The van der Waals surface area contributed by atoms with Crippen molar-refractivity contribution in [2.45, 2.75) is 25.4 Å². The first-order valence-corrected chi connectivity index (χ1v) is 5.02. The predicted octanol–water partition coefficient (Wildman–Crippen LogP) is 1.51. The zero-order valence-electron chi connectivity index (χ0n) is 8.69. The summed E-state index contributed by atoms with van der Waals surface area (Å²) in [5.74, 6) is 1.12. The van der Waals surface area contributed by atoms with Crippen LogP contribution in [0.3, 0.4) is 0 Å². The molecule has 0 amide bonds. The second-order valence-corrected chi connectivity index (χ2v) is 3.69. The van der Waals surface area contributed by atoms with E-state index >= 15 is 0 Å². The number of halogens is 3. The summed E-state index contributed by atoms with van der Waals surface area (Å²) in [6, 6.07) is 0. The molecule has 0 spiro atoms. The van der Waals surface area contributed by atoms with Crippen LogP contribution in [-0.4, -0.2) is 32.3 Å². The maximum atomic E-state index is 11.8. The van der Waals surface area contributed by atoms with Crippen LogP contribution in [0.4, 0.5) is 13.2 Å². The van der Waals surface area contributed by atoms with Crippen LogP contribution in [0.25, 0.3) is 0 Å². The van der Waals surface area contributed by atoms with Crippen molar-refractivity contribution in [3.63, 3.8) is 0 Å². The van der Waals surface area contributed by atoms with E-state index in [9.17, 15) is 13.2 Å². The van der Waals surface area contributed by atoms with Gasteiger partial charge < -0.3 is 10.6 Å². The third-order valence-corrected chi connectivity index (χ3v) is 2.18. The van der Waals surface area contributed by atoms with Gasteiger partial charge in [0.2, 0.25) is 0 Å². The summed E-state index contributed by atoms with van der Waals surface area (Å²) in [5, 5.41) is 5.62. The molecule has 0 aromatic rings. The highest BCUT2D eigenvalue weighted by atomic mass is 19.4. The minimum Gasteiger partial charge on any atom is -0.356 e. The van der Waals surface area contributed by atoms with Crippen molar-refractivity contribution in [2.24, 2.45) is 10.9 Å². The van der Waals surface area contributed by atoms with Crippen molar-refractivity contribution in [2.75, 3.05) is 20.1 Å². The van der Waals surface area contributed by atoms with Gasteiger partial charge in [0.25, 0.3) is 0 Å². The molecule has 2 N–H and O–H groups in total. The second-order valence-electron chi connectivity index (χ2n) is 3.69. The molecule has 0 bridgehead atoms. The third-order valence-electron chi connectivity index (χ3n) is 2.18. The average molecular weight is 223 g/mol. The minimum absolute atomic E-state index is 0.131. The van der Waals surface area contributed by atoms with Gasteiger partial charge in [0, 0.05) is 20.1 Å². The summed E-state index contributed by atoms with van der Waals surface area (Å²) in [4.78, 5) is 3.83. The van der Waals surface area contributed by atoms with E-state index in [0.717, 1.165) is 6.54 Å². The molecular weight excluding hydrogens is 207 g/mol. The van der Waals surface area contributed by atoms with Gasteiger partial charge >= 0.3 is 6.18 Å². The summed E-state index contributed by atoms with van der Waals surface area (Å²) in [5.41, 5.74) is 0. The molecule has 1 aliphatic carbocycles. The molecule has 6 heteroatoms. The van der Waals surface area contributed by atoms with Crippen molar-refractivity contribution < 1.29 is 13.2 Å². The predicted molar refractivity (Wildman–Crippen MR) is 52.8 cm³/mol. The van der Waals surface area contributed by atoms with Crippen molar-refractivity contribution in [3.05, 3.63) is 0 Å². The Labute approximate surface area is 87.1 Å². The minimum atomic E-state index is -4.11. The summed E-state index contributed by atoms with van der Waals surface area (Å²) in [7, 11) is 1.55. The Bertz CT molecular complexity index is 221. The van der Waals surface area contributed by atoms with Gasteiger partial charge in [-0.1, -0.05) is 0 Å². The molecule has 0 radical (unpaired) electrons. The number of nitrogens with zero attached hydrogens (tertiary/aromatic N) is 1. The Balaban J connectivity index is 2.10. The highest BCUT2D eigenvalue weighted by molar-refractivity contribution is 5.79. The lowest BCUT2D eigenvalue weighted by molar-refractivity contribution is -0.132. The van der Waals surface area contributed by atoms with E-state index in [0.29, 0.717) is 11.9 Å². The van der Waals surface area contributed by atoms with Gasteiger partial charge in [-0.3, -0.25) is 4.99 Å². The fraction of sp³-hybridized carbons (Fsp3) is 0.889. The van der Waals surface area contributed by atoms with E-state index in [2.05, 4.69) is 15.6 Å². The normalized spacial score (nSPS) is 17.7. The number of alkyl halides is 3. The van der Waals surface area contributed by atoms with Gasteiger partial charge in [0.15, 0.2) is 5.96 Å². The maximum absolute atomic E-state index is 11.8. The molecule has 88 valence electrons. The molecule has 0 aromatic carbocycles. The molecule has 3 nitrogen and oxygen atoms in total. The zero-order chi connectivity index (χ0) is 11.3. The van der Waals surface area contributed by atoms with E-state index in [1.807, 2.05) is 0 Å². The summed E-state index contributed by atoms with van der Waals surface area (Å²) < 4.78 is 35.5. The lowest BCUT2D eigenvalue weighted by Gasteiger charge is -2.12. The van der Waals surface area contributed by atoms with Gasteiger partial charge in [-0.05, 0) is 18.8 Å². The number of hydrogen-bond donors (Lipinski definition) is 2. The van der Waals surface area contributed by atoms with E-state index in [4.69, 9.17) is 0 Å². The van der Waals surface area contributed by atoms with Crippen molar-refractivity contribution >= 4 is 5.96 Å². The Kier molecular flexibility index (Phi) is 4.23. The third kappa shape index (κ3) is 6.19. The van der Waals surface area contributed by atoms with Gasteiger partial charge in [-0.2, -0.15) is 13.2 Å². The summed E-state index contributed by atoms with van der Waals surface area (Å²) in [6.45, 7) is 0.666. The molecule has 1 aliphatic rings. The van der Waals surface area contributed by atoms with Crippen LogP contribution >= 0.6 is 0 Å². The smallest absolute Gasteiger partial charge is 0.356 e. The molecule has 15 heavy (non-hydrogen) atoms. The van der Waals surface area contributed by atoms with Crippen LogP contribution in [0.5, 0.6) is 0 Å². The fourth-order valence-electron chi connectivity index (χ4n) is 1.11. The quantitative estimate of drug-likeness (QED) is 0.560. The molecule has 0 saturated heterocycles. The summed E-state index contributed by atoms with van der Waals surface area (Å²) >= 11 is 0. The molecule has 0 aliphatic heterocycles. The molecule has 0 heterocycles. The molecule has 0 atom stereocenters. The Hall–Kier alpha value is -0.940. The molecule has 1 saturated carbocycles. The molecule has 0 unspecified atom stereocenters. The molecule has 0 aromatic heterocycles.